The van der Waals surface area contributed by atoms with E-state index >= 15 is 0 Å². The minimum Gasteiger partial charge on any atom is -0.490 e. The summed E-state index contributed by atoms with van der Waals surface area (Å²) in [5.74, 6) is 0.355. The van der Waals surface area contributed by atoms with Crippen LogP contribution in [0, 0.1) is 0 Å². The lowest BCUT2D eigenvalue weighted by molar-refractivity contribution is 0.137. The fraction of sp³-hybridized carbons (Fsp3) is 0.500. The molecule has 3 atom stereocenters. The maximum Gasteiger partial charge on any atom is 0.417 e. The number of rotatable bonds is 2. The summed E-state index contributed by atoms with van der Waals surface area (Å²) in [6, 6.07) is 6.72. The van der Waals surface area contributed by atoms with Crippen LogP contribution in [0.2, 0.25) is 0 Å². The molecule has 5 heteroatoms. The average Bonchev–Trinajstić information content (AvgIpc) is 2.91. The number of nitrogens with one attached hydrogen (secondary N) is 2. The monoisotopic (exact) mass is 260 g/mol. The molecule has 0 saturated carbocycles. The molecule has 2 N–H and O–H groups in total. The number of benzene rings is 1. The Kier molecular flexibility index (Phi) is 2.41. The minimum atomic E-state index is -0.424. The zero-order chi connectivity index (χ0) is 12.8. The fourth-order valence-electron chi connectivity index (χ4n) is 3.29. The molecular weight excluding hydrogens is 244 g/mol. The zero-order valence-corrected chi connectivity index (χ0v) is 10.5. The second-order valence-corrected chi connectivity index (χ2v) is 5.52. The van der Waals surface area contributed by atoms with Crippen LogP contribution >= 0.6 is 0 Å². The lowest BCUT2D eigenvalue weighted by Crippen LogP contribution is -2.42. The van der Waals surface area contributed by atoms with Crippen LogP contribution < -0.4 is 15.8 Å². The van der Waals surface area contributed by atoms with Gasteiger partial charge in [-0.3, -0.25) is 4.98 Å². The molecule has 0 radical (unpaired) electrons. The number of aromatic amines is 1. The Morgan fingerprint density at radius 2 is 2.00 bits per heavy atom. The van der Waals surface area contributed by atoms with Gasteiger partial charge in [0.05, 0.1) is 5.52 Å². The molecule has 0 aliphatic carbocycles. The molecule has 19 heavy (non-hydrogen) atoms. The van der Waals surface area contributed by atoms with Crippen LogP contribution in [0.5, 0.6) is 5.75 Å². The molecule has 1 aromatic carbocycles. The highest BCUT2D eigenvalue weighted by molar-refractivity contribution is 5.73. The van der Waals surface area contributed by atoms with E-state index in [1.807, 2.05) is 12.1 Å². The third-order valence-corrected chi connectivity index (χ3v) is 4.13. The van der Waals surface area contributed by atoms with Crippen molar-refractivity contribution in [2.45, 2.75) is 43.9 Å². The van der Waals surface area contributed by atoms with Gasteiger partial charge in [-0.1, -0.05) is 0 Å². The summed E-state index contributed by atoms with van der Waals surface area (Å²) in [5.41, 5.74) is 1.27. The van der Waals surface area contributed by atoms with Gasteiger partial charge in [0.25, 0.3) is 0 Å². The maximum atomic E-state index is 11.1. The van der Waals surface area contributed by atoms with Crippen molar-refractivity contribution >= 4 is 11.1 Å². The summed E-state index contributed by atoms with van der Waals surface area (Å²) in [5, 5.41) is 3.59. The van der Waals surface area contributed by atoms with Crippen LogP contribution in [0.1, 0.15) is 25.7 Å². The van der Waals surface area contributed by atoms with Gasteiger partial charge in [0.15, 0.2) is 5.58 Å². The second kappa shape index (κ2) is 4.13. The first-order chi connectivity index (χ1) is 9.26. The van der Waals surface area contributed by atoms with E-state index in [-0.39, 0.29) is 6.10 Å². The molecule has 1 aromatic heterocycles. The number of hydrogen-bond acceptors (Lipinski definition) is 4. The number of ether oxygens (including phenoxy) is 1. The topological polar surface area (TPSA) is 67.3 Å². The van der Waals surface area contributed by atoms with E-state index in [0.717, 1.165) is 18.6 Å². The predicted molar refractivity (Wildman–Crippen MR) is 70.4 cm³/mol. The van der Waals surface area contributed by atoms with Gasteiger partial charge in [0.1, 0.15) is 11.9 Å². The van der Waals surface area contributed by atoms with Crippen molar-refractivity contribution in [2.75, 3.05) is 0 Å². The first-order valence-corrected chi connectivity index (χ1v) is 6.82. The van der Waals surface area contributed by atoms with Gasteiger partial charge in [-0.25, -0.2) is 4.79 Å². The van der Waals surface area contributed by atoms with Gasteiger partial charge in [0.2, 0.25) is 0 Å². The summed E-state index contributed by atoms with van der Waals surface area (Å²) in [6.07, 6.45) is 4.91. The van der Waals surface area contributed by atoms with E-state index < -0.39 is 5.76 Å². The third-order valence-electron chi connectivity index (χ3n) is 4.13. The molecule has 0 spiro atoms. The van der Waals surface area contributed by atoms with Crippen LogP contribution in [0.3, 0.4) is 0 Å². The summed E-state index contributed by atoms with van der Waals surface area (Å²) >= 11 is 0. The molecule has 2 aliphatic heterocycles. The lowest BCUT2D eigenvalue weighted by Gasteiger charge is -2.29. The van der Waals surface area contributed by atoms with Gasteiger partial charge in [-0.15, -0.1) is 0 Å². The minimum absolute atomic E-state index is 0.266. The lowest BCUT2D eigenvalue weighted by atomic mass is 10.0. The Bertz CT molecular complexity index is 648. The van der Waals surface area contributed by atoms with Crippen molar-refractivity contribution in [3.05, 3.63) is 28.7 Å². The number of aromatic nitrogens is 1. The molecule has 100 valence electrons. The zero-order valence-electron chi connectivity index (χ0n) is 10.5. The highest BCUT2D eigenvalue weighted by Gasteiger charge is 2.34. The predicted octanol–water partition coefficient (Wildman–Crippen LogP) is 1.78. The van der Waals surface area contributed by atoms with Crippen LogP contribution in [0.4, 0.5) is 0 Å². The summed E-state index contributed by atoms with van der Waals surface area (Å²) in [7, 11) is 0. The van der Waals surface area contributed by atoms with Crippen molar-refractivity contribution in [3.8, 4) is 5.75 Å². The number of fused-ring (bicyclic) bond motifs is 3. The fourth-order valence-corrected chi connectivity index (χ4v) is 3.29. The summed E-state index contributed by atoms with van der Waals surface area (Å²) in [4.78, 5) is 13.7. The van der Waals surface area contributed by atoms with E-state index in [4.69, 9.17) is 9.15 Å². The SMILES string of the molecule is O=c1[nH]c2ccc(OC3C[C@H]4CC[C@@H](C3)N4)cc2o1. The smallest absolute Gasteiger partial charge is 0.417 e. The summed E-state index contributed by atoms with van der Waals surface area (Å²) in [6.45, 7) is 0. The number of hydrogen-bond donors (Lipinski definition) is 2. The molecule has 3 heterocycles. The molecule has 0 amide bonds. The first-order valence-electron chi connectivity index (χ1n) is 6.82. The molecule has 2 saturated heterocycles. The van der Waals surface area contributed by atoms with Crippen molar-refractivity contribution < 1.29 is 9.15 Å². The molecule has 1 unspecified atom stereocenters. The highest BCUT2D eigenvalue weighted by atomic mass is 16.5. The Morgan fingerprint density at radius 3 is 2.79 bits per heavy atom. The van der Waals surface area contributed by atoms with Gasteiger partial charge in [-0.2, -0.15) is 0 Å². The second-order valence-electron chi connectivity index (χ2n) is 5.52. The van der Waals surface area contributed by atoms with Crippen LogP contribution in [-0.2, 0) is 0 Å². The Morgan fingerprint density at radius 1 is 1.21 bits per heavy atom. The van der Waals surface area contributed by atoms with Crippen LogP contribution in [0.15, 0.2) is 27.4 Å². The standard InChI is InChI=1S/C14H16N2O3/c17-14-16-12-4-3-10(7-13(12)19-14)18-11-5-8-1-2-9(6-11)15-8/h3-4,7-9,11,15H,1-2,5-6H2,(H,16,17)/t8-,9+,11?. The van der Waals surface area contributed by atoms with Crippen LogP contribution in [0.25, 0.3) is 11.1 Å². The van der Waals surface area contributed by atoms with Gasteiger partial charge in [0, 0.05) is 18.2 Å². The maximum absolute atomic E-state index is 11.1. The largest absolute Gasteiger partial charge is 0.490 e. The molecule has 5 nitrogen and oxygen atoms in total. The molecule has 2 fully saturated rings. The van der Waals surface area contributed by atoms with E-state index in [2.05, 4.69) is 10.3 Å². The molecular formula is C14H16N2O3. The van der Waals surface area contributed by atoms with Crippen molar-refractivity contribution in [1.29, 1.82) is 0 Å². The number of H-pyrrole nitrogens is 1. The number of oxazole rings is 1. The van der Waals surface area contributed by atoms with Crippen molar-refractivity contribution in [2.24, 2.45) is 0 Å². The van der Waals surface area contributed by atoms with Crippen molar-refractivity contribution in [1.82, 2.24) is 10.3 Å². The Balaban J connectivity index is 1.56. The van der Waals surface area contributed by atoms with Crippen molar-refractivity contribution in [3.63, 3.8) is 0 Å². The van der Waals surface area contributed by atoms with E-state index in [0.29, 0.717) is 23.2 Å². The summed E-state index contributed by atoms with van der Waals surface area (Å²) < 4.78 is 11.1. The van der Waals surface area contributed by atoms with E-state index in [1.165, 1.54) is 12.8 Å². The normalized spacial score (nSPS) is 29.8. The Labute approximate surface area is 109 Å². The first kappa shape index (κ1) is 11.1. The highest BCUT2D eigenvalue weighted by Crippen LogP contribution is 2.30. The molecule has 4 rings (SSSR count). The molecule has 2 aliphatic rings. The molecule has 2 aromatic rings. The van der Waals surface area contributed by atoms with Gasteiger partial charge < -0.3 is 14.5 Å². The third kappa shape index (κ3) is 2.04. The van der Waals surface area contributed by atoms with Crippen LogP contribution in [-0.4, -0.2) is 23.2 Å². The quantitative estimate of drug-likeness (QED) is 0.863. The van der Waals surface area contributed by atoms with E-state index in [1.54, 1.807) is 6.07 Å². The van der Waals surface area contributed by atoms with Gasteiger partial charge >= 0.3 is 5.76 Å². The Hall–Kier alpha value is -1.75. The van der Waals surface area contributed by atoms with E-state index in [9.17, 15) is 4.79 Å². The molecule has 2 bridgehead atoms. The van der Waals surface area contributed by atoms with Gasteiger partial charge in [-0.05, 0) is 37.8 Å². The number of piperidine rings is 1. The average molecular weight is 260 g/mol.